The van der Waals surface area contributed by atoms with Gasteiger partial charge in [-0.3, -0.25) is 4.79 Å². The third-order valence-corrected chi connectivity index (χ3v) is 4.56. The SMILES string of the molecule is O=C(O)C1Cc2ccc(Oc3ccc(Cl)cn3)cc2OC1(Cl)C(F)(F)F. The molecule has 0 fully saturated rings. The van der Waals surface area contributed by atoms with Gasteiger partial charge in [-0.05, 0) is 24.1 Å². The number of carboxylic acid groups (broad SMARTS) is 1. The van der Waals surface area contributed by atoms with Crippen LogP contribution < -0.4 is 9.47 Å². The molecule has 0 spiro atoms. The summed E-state index contributed by atoms with van der Waals surface area (Å²) >= 11 is 11.3. The molecule has 0 saturated heterocycles. The molecule has 138 valence electrons. The monoisotopic (exact) mass is 407 g/mol. The molecule has 0 saturated carbocycles. The lowest BCUT2D eigenvalue weighted by Gasteiger charge is -2.39. The number of hydrogen-bond acceptors (Lipinski definition) is 4. The fourth-order valence-electron chi connectivity index (χ4n) is 2.49. The van der Waals surface area contributed by atoms with Crippen molar-refractivity contribution in [1.29, 1.82) is 0 Å². The van der Waals surface area contributed by atoms with Crippen LogP contribution in [0.25, 0.3) is 0 Å². The second kappa shape index (κ2) is 6.51. The van der Waals surface area contributed by atoms with Gasteiger partial charge in [-0.25, -0.2) is 4.98 Å². The molecule has 10 heteroatoms. The molecule has 5 nitrogen and oxygen atoms in total. The van der Waals surface area contributed by atoms with E-state index in [0.29, 0.717) is 5.02 Å². The third kappa shape index (κ3) is 3.39. The number of ether oxygens (including phenoxy) is 2. The Labute approximate surface area is 155 Å². The molecule has 2 aromatic rings. The summed E-state index contributed by atoms with van der Waals surface area (Å²) in [6, 6.07) is 7.09. The van der Waals surface area contributed by atoms with E-state index >= 15 is 0 Å². The molecule has 2 unspecified atom stereocenters. The van der Waals surface area contributed by atoms with Crippen LogP contribution in [0.3, 0.4) is 0 Å². The summed E-state index contributed by atoms with van der Waals surface area (Å²) in [5.74, 6) is -3.58. The van der Waals surface area contributed by atoms with E-state index in [0.717, 1.165) is 0 Å². The number of pyridine rings is 1. The average molecular weight is 408 g/mol. The van der Waals surface area contributed by atoms with Gasteiger partial charge in [-0.2, -0.15) is 13.2 Å². The largest absolute Gasteiger partial charge is 0.481 e. The summed E-state index contributed by atoms with van der Waals surface area (Å²) < 4.78 is 50.4. The van der Waals surface area contributed by atoms with Crippen LogP contribution in [0.4, 0.5) is 13.2 Å². The number of alkyl halides is 4. The summed E-state index contributed by atoms with van der Waals surface area (Å²) in [4.78, 5) is 15.2. The molecule has 1 aromatic heterocycles. The van der Waals surface area contributed by atoms with Crippen molar-refractivity contribution in [2.24, 2.45) is 5.92 Å². The van der Waals surface area contributed by atoms with E-state index in [-0.39, 0.29) is 22.9 Å². The van der Waals surface area contributed by atoms with Gasteiger partial charge in [0, 0.05) is 18.3 Å². The Hall–Kier alpha value is -2.19. The van der Waals surface area contributed by atoms with Gasteiger partial charge in [0.2, 0.25) is 5.88 Å². The molecule has 1 aromatic carbocycles. The minimum Gasteiger partial charge on any atom is -0.481 e. The van der Waals surface area contributed by atoms with Crippen LogP contribution in [0.15, 0.2) is 36.5 Å². The number of hydrogen-bond donors (Lipinski definition) is 1. The number of carbonyl (C=O) groups is 1. The smallest absolute Gasteiger partial charge is 0.444 e. The predicted molar refractivity (Wildman–Crippen MR) is 85.9 cm³/mol. The van der Waals surface area contributed by atoms with Gasteiger partial charge in [0.05, 0.1) is 5.02 Å². The fraction of sp³-hybridized carbons (Fsp3) is 0.250. The lowest BCUT2D eigenvalue weighted by Crippen LogP contribution is -2.56. The number of benzene rings is 1. The summed E-state index contributed by atoms with van der Waals surface area (Å²) in [6.07, 6.45) is -4.19. The molecule has 26 heavy (non-hydrogen) atoms. The van der Waals surface area contributed by atoms with Gasteiger partial charge in [-0.15, -0.1) is 0 Å². The molecule has 0 bridgehead atoms. The molecular weight excluding hydrogens is 398 g/mol. The standard InChI is InChI=1S/C16H10Cl2F3NO4/c17-9-2-4-13(22-7-9)25-10-3-1-8-5-11(14(23)24)15(18,16(19,20)21)26-12(8)6-10/h1-4,6-7,11H,5H2,(H,23,24). The normalized spacial score (nSPS) is 22.3. The Morgan fingerprint density at radius 2 is 2.08 bits per heavy atom. The van der Waals surface area contributed by atoms with E-state index in [1.807, 2.05) is 0 Å². The van der Waals surface area contributed by atoms with Crippen molar-refractivity contribution >= 4 is 29.2 Å². The molecule has 1 aliphatic rings. The van der Waals surface area contributed by atoms with E-state index in [2.05, 4.69) is 4.98 Å². The van der Waals surface area contributed by atoms with Crippen molar-refractivity contribution in [3.63, 3.8) is 0 Å². The summed E-state index contributed by atoms with van der Waals surface area (Å²) in [5.41, 5.74) is 0.273. The van der Waals surface area contributed by atoms with Crippen LogP contribution in [0.1, 0.15) is 5.56 Å². The lowest BCUT2D eigenvalue weighted by molar-refractivity contribution is -0.236. The van der Waals surface area contributed by atoms with Crippen LogP contribution >= 0.6 is 23.2 Å². The molecule has 1 aliphatic heterocycles. The fourth-order valence-corrected chi connectivity index (χ4v) is 2.85. The first kappa shape index (κ1) is 18.6. The Morgan fingerprint density at radius 3 is 2.65 bits per heavy atom. The highest BCUT2D eigenvalue weighted by Crippen LogP contribution is 2.49. The first-order valence-electron chi connectivity index (χ1n) is 7.20. The Bertz CT molecular complexity index is 844. The van der Waals surface area contributed by atoms with E-state index in [1.165, 1.54) is 36.5 Å². The average Bonchev–Trinajstić information content (AvgIpc) is 2.55. The first-order chi connectivity index (χ1) is 12.1. The second-order valence-corrected chi connectivity index (χ2v) is 6.52. The number of fused-ring (bicyclic) bond motifs is 1. The quantitative estimate of drug-likeness (QED) is 0.749. The number of halogens is 5. The molecule has 2 heterocycles. The predicted octanol–water partition coefficient (Wildman–Crippen LogP) is 4.66. The number of rotatable bonds is 3. The Morgan fingerprint density at radius 1 is 1.35 bits per heavy atom. The molecule has 3 rings (SSSR count). The molecule has 2 atom stereocenters. The van der Waals surface area contributed by atoms with Crippen LogP contribution in [0, 0.1) is 5.92 Å². The maximum atomic E-state index is 13.3. The first-order valence-corrected chi connectivity index (χ1v) is 7.95. The molecule has 0 radical (unpaired) electrons. The number of aliphatic carboxylic acids is 1. The van der Waals surface area contributed by atoms with E-state index < -0.39 is 29.5 Å². The van der Waals surface area contributed by atoms with Gasteiger partial charge in [0.25, 0.3) is 5.06 Å². The summed E-state index contributed by atoms with van der Waals surface area (Å²) in [6.45, 7) is 0. The molecule has 0 aliphatic carbocycles. The topological polar surface area (TPSA) is 68.7 Å². The number of nitrogens with zero attached hydrogens (tertiary/aromatic N) is 1. The van der Waals surface area contributed by atoms with Gasteiger partial charge in [0.1, 0.15) is 17.4 Å². The second-order valence-electron chi connectivity index (χ2n) is 5.53. The van der Waals surface area contributed by atoms with Gasteiger partial charge >= 0.3 is 12.1 Å². The molecule has 0 amide bonds. The number of carboxylic acids is 1. The van der Waals surface area contributed by atoms with Gasteiger partial charge < -0.3 is 14.6 Å². The highest BCUT2D eigenvalue weighted by Gasteiger charge is 2.65. The van der Waals surface area contributed by atoms with Crippen LogP contribution in [0.5, 0.6) is 17.4 Å². The highest BCUT2D eigenvalue weighted by molar-refractivity contribution is 6.30. The minimum atomic E-state index is -5.09. The van der Waals surface area contributed by atoms with Crippen molar-refractivity contribution in [1.82, 2.24) is 4.98 Å². The molecule has 1 N–H and O–H groups in total. The zero-order chi connectivity index (χ0) is 19.1. The van der Waals surface area contributed by atoms with Crippen molar-refractivity contribution in [3.05, 3.63) is 47.1 Å². The summed E-state index contributed by atoms with van der Waals surface area (Å²) in [5, 5.41) is 6.15. The van der Waals surface area contributed by atoms with E-state index in [4.69, 9.17) is 37.8 Å². The summed E-state index contributed by atoms with van der Waals surface area (Å²) in [7, 11) is 0. The highest BCUT2D eigenvalue weighted by atomic mass is 35.5. The van der Waals surface area contributed by atoms with Crippen molar-refractivity contribution in [2.45, 2.75) is 17.7 Å². The van der Waals surface area contributed by atoms with E-state index in [1.54, 1.807) is 0 Å². The van der Waals surface area contributed by atoms with Crippen LogP contribution in [0.2, 0.25) is 5.02 Å². The zero-order valence-corrected chi connectivity index (χ0v) is 14.3. The maximum absolute atomic E-state index is 13.3. The van der Waals surface area contributed by atoms with Gasteiger partial charge in [0.15, 0.2) is 0 Å². The Balaban J connectivity index is 1.93. The van der Waals surface area contributed by atoms with Gasteiger partial charge in [-0.1, -0.05) is 29.3 Å². The van der Waals surface area contributed by atoms with Crippen LogP contribution in [-0.2, 0) is 11.2 Å². The lowest BCUT2D eigenvalue weighted by atomic mass is 9.89. The maximum Gasteiger partial charge on any atom is 0.444 e. The Kier molecular flexibility index (Phi) is 4.66. The minimum absolute atomic E-state index is 0.147. The van der Waals surface area contributed by atoms with E-state index in [9.17, 15) is 18.0 Å². The van der Waals surface area contributed by atoms with Crippen molar-refractivity contribution < 1.29 is 32.5 Å². The number of aromatic nitrogens is 1. The molecular formula is C16H10Cl2F3NO4. The van der Waals surface area contributed by atoms with Crippen LogP contribution in [-0.4, -0.2) is 27.3 Å². The third-order valence-electron chi connectivity index (χ3n) is 3.78. The van der Waals surface area contributed by atoms with Crippen molar-refractivity contribution in [2.75, 3.05) is 0 Å². The zero-order valence-electron chi connectivity index (χ0n) is 12.8. The van der Waals surface area contributed by atoms with Crippen molar-refractivity contribution in [3.8, 4) is 17.4 Å².